The van der Waals surface area contributed by atoms with E-state index >= 15 is 0 Å². The molecule has 6 aromatic carbocycles. The number of aromatic hydroxyl groups is 2. The van der Waals surface area contributed by atoms with Gasteiger partial charge in [-0.3, -0.25) is 9.11 Å². The highest BCUT2D eigenvalue weighted by Crippen LogP contribution is 2.43. The Morgan fingerprint density at radius 3 is 1.22 bits per heavy atom. The van der Waals surface area contributed by atoms with Crippen LogP contribution in [0.3, 0.4) is 0 Å². The minimum atomic E-state index is -4.99. The predicted octanol–water partition coefficient (Wildman–Crippen LogP) is 8.57. The number of nitrogens with one attached hydrogen (secondary N) is 2. The summed E-state index contributed by atoms with van der Waals surface area (Å²) >= 11 is 0. The minimum absolute atomic E-state index is 0.0585. The van der Waals surface area contributed by atoms with Crippen molar-refractivity contribution in [1.29, 1.82) is 0 Å². The molecule has 0 atom stereocenters. The fraction of sp³-hybridized carbons (Fsp3) is 0. The number of hydrogen-bond acceptors (Lipinski definition) is 13. The minimum Gasteiger partial charge on any atom is -0.505 e. The molecule has 0 fully saturated rings. The van der Waals surface area contributed by atoms with Gasteiger partial charge in [-0.2, -0.15) is 27.1 Å². The van der Waals surface area contributed by atoms with Crippen LogP contribution in [0.15, 0.2) is 139 Å². The number of amides is 2. The highest BCUT2D eigenvalue weighted by atomic mass is 32.2. The standard InChI is InChI=1S/C39H28N6O13S2/c46-33(47)15-5-21-1-7-25(8-2-21)42-44-35-31(59(53,54)55)19-23-17-27(11-13-29(23)37(35)50)40-39(52)41-28-12-14-30-24(18-28)20-32(60(56,57)58)36(38(30)51)45-43-26-9-3-22(4-10-26)6-16-34(48)49/h1-20,50-51H,(H,46,47)(H,48,49)(H2,40,41,52)(H,53,54,55)(H,56,57,58)/b15-5+,16-6+,44-42+,45-43+. The Hall–Kier alpha value is -7.85. The van der Waals surface area contributed by atoms with Crippen LogP contribution in [0.5, 0.6) is 11.5 Å². The second-order valence-corrected chi connectivity index (χ2v) is 15.3. The Bertz CT molecular complexity index is 2870. The number of benzene rings is 6. The van der Waals surface area contributed by atoms with Crippen molar-refractivity contribution in [1.82, 2.24) is 0 Å². The van der Waals surface area contributed by atoms with Crippen molar-refractivity contribution in [2.45, 2.75) is 9.79 Å². The van der Waals surface area contributed by atoms with Gasteiger partial charge in [0.15, 0.2) is 11.5 Å². The molecule has 21 heteroatoms. The Balaban J connectivity index is 1.23. The fourth-order valence-electron chi connectivity index (χ4n) is 5.59. The second kappa shape index (κ2) is 16.9. The van der Waals surface area contributed by atoms with Crippen molar-refractivity contribution in [3.8, 4) is 11.5 Å². The van der Waals surface area contributed by atoms with Crippen LogP contribution in [0.1, 0.15) is 11.1 Å². The summed E-state index contributed by atoms with van der Waals surface area (Å²) in [7, 11) is -9.97. The number of carboxylic acids is 2. The smallest absolute Gasteiger partial charge is 0.328 e. The lowest BCUT2D eigenvalue weighted by molar-refractivity contribution is -0.132. The Morgan fingerprint density at radius 2 is 0.883 bits per heavy atom. The number of carbonyl (C=O) groups excluding carboxylic acids is 1. The molecular weight excluding hydrogens is 825 g/mol. The first-order valence-electron chi connectivity index (χ1n) is 16.8. The van der Waals surface area contributed by atoms with Gasteiger partial charge in [-0.15, -0.1) is 10.2 Å². The van der Waals surface area contributed by atoms with Gasteiger partial charge < -0.3 is 31.1 Å². The van der Waals surface area contributed by atoms with Gasteiger partial charge in [-0.05, 0) is 107 Å². The first-order chi connectivity index (χ1) is 28.3. The molecule has 0 heterocycles. The second-order valence-electron chi connectivity index (χ2n) is 12.5. The molecule has 6 rings (SSSR count). The van der Waals surface area contributed by atoms with Crippen LogP contribution < -0.4 is 10.6 Å². The number of rotatable bonds is 12. The summed E-state index contributed by atoms with van der Waals surface area (Å²) in [6, 6.07) is 21.1. The van der Waals surface area contributed by atoms with Crippen LogP contribution in [-0.4, -0.2) is 64.3 Å². The Morgan fingerprint density at radius 1 is 0.517 bits per heavy atom. The zero-order valence-corrected chi connectivity index (χ0v) is 31.8. The van der Waals surface area contributed by atoms with E-state index in [0.717, 1.165) is 24.3 Å². The third-order valence-corrected chi connectivity index (χ3v) is 10.1. The molecule has 0 radical (unpaired) electrons. The largest absolute Gasteiger partial charge is 0.505 e. The lowest BCUT2D eigenvalue weighted by atomic mass is 10.1. The summed E-state index contributed by atoms with van der Waals surface area (Å²) in [6.45, 7) is 0. The van der Waals surface area contributed by atoms with Gasteiger partial charge in [0.25, 0.3) is 20.2 Å². The number of fused-ring (bicyclic) bond motifs is 2. The molecular formula is C39H28N6O13S2. The van der Waals surface area contributed by atoms with E-state index in [4.69, 9.17) is 10.2 Å². The number of urea groups is 1. The molecule has 0 aliphatic heterocycles. The van der Waals surface area contributed by atoms with Crippen molar-refractivity contribution in [3.63, 3.8) is 0 Å². The third kappa shape index (κ3) is 9.99. The number of azo groups is 2. The summed E-state index contributed by atoms with van der Waals surface area (Å²) in [5, 5.41) is 60.5. The summed E-state index contributed by atoms with van der Waals surface area (Å²) in [5.41, 5.74) is 0.508. The van der Waals surface area contributed by atoms with Gasteiger partial charge in [-0.25, -0.2) is 14.4 Å². The van der Waals surface area contributed by atoms with E-state index in [1.165, 1.54) is 97.1 Å². The van der Waals surface area contributed by atoms with Crippen LogP contribution in [0.2, 0.25) is 0 Å². The number of nitrogens with zero attached hydrogens (tertiary/aromatic N) is 4. The van der Waals surface area contributed by atoms with Gasteiger partial charge in [0.1, 0.15) is 21.2 Å². The monoisotopic (exact) mass is 852 g/mol. The van der Waals surface area contributed by atoms with Crippen LogP contribution in [0.25, 0.3) is 33.7 Å². The van der Waals surface area contributed by atoms with Crippen molar-refractivity contribution in [2.75, 3.05) is 10.6 Å². The molecule has 304 valence electrons. The molecule has 0 aliphatic rings. The number of carbonyl (C=O) groups is 3. The van der Waals surface area contributed by atoms with Crippen LogP contribution in [0.4, 0.5) is 38.9 Å². The molecule has 2 amide bonds. The molecule has 8 N–H and O–H groups in total. The van der Waals surface area contributed by atoms with E-state index in [1.807, 2.05) is 0 Å². The van der Waals surface area contributed by atoms with Gasteiger partial charge in [0.05, 0.1) is 11.4 Å². The normalized spacial score (nSPS) is 12.3. The summed E-state index contributed by atoms with van der Waals surface area (Å²) < 4.78 is 69.4. The Kier molecular flexibility index (Phi) is 11.8. The first kappa shape index (κ1) is 41.8. The number of aliphatic carboxylic acids is 2. The topological polar surface area (TPSA) is 314 Å². The number of phenolic OH excluding ortho intramolecular Hbond substituents is 2. The predicted molar refractivity (Wildman–Crippen MR) is 218 cm³/mol. The zero-order chi connectivity index (χ0) is 43.4. The number of carboxylic acid groups (broad SMARTS) is 2. The number of phenols is 2. The molecule has 0 saturated carbocycles. The molecule has 0 unspecified atom stereocenters. The van der Waals surface area contributed by atoms with Crippen molar-refractivity contribution < 1.29 is 60.8 Å². The molecule has 0 spiro atoms. The first-order valence-corrected chi connectivity index (χ1v) is 19.7. The van der Waals surface area contributed by atoms with Crippen LogP contribution in [-0.2, 0) is 29.8 Å². The van der Waals surface area contributed by atoms with Gasteiger partial charge in [0.2, 0.25) is 0 Å². The molecule has 6 aromatic rings. The van der Waals surface area contributed by atoms with E-state index in [-0.39, 0.29) is 44.3 Å². The molecule has 0 aliphatic carbocycles. The average Bonchev–Trinajstić information content (AvgIpc) is 3.18. The lowest BCUT2D eigenvalue weighted by Gasteiger charge is -2.13. The van der Waals surface area contributed by atoms with Crippen LogP contribution >= 0.6 is 0 Å². The van der Waals surface area contributed by atoms with Crippen LogP contribution in [0, 0.1) is 0 Å². The average molecular weight is 853 g/mol. The van der Waals surface area contributed by atoms with E-state index in [2.05, 4.69) is 31.1 Å². The van der Waals surface area contributed by atoms with Crippen molar-refractivity contribution in [3.05, 3.63) is 120 Å². The lowest BCUT2D eigenvalue weighted by Crippen LogP contribution is -2.19. The molecule has 19 nitrogen and oxygen atoms in total. The summed E-state index contributed by atoms with van der Waals surface area (Å²) in [5.74, 6) is -3.60. The number of hydrogen-bond donors (Lipinski definition) is 8. The van der Waals surface area contributed by atoms with Crippen molar-refractivity contribution >= 4 is 106 Å². The molecule has 0 bridgehead atoms. The Labute approximate surface area is 338 Å². The van der Waals surface area contributed by atoms with E-state index in [0.29, 0.717) is 11.1 Å². The van der Waals surface area contributed by atoms with Gasteiger partial charge in [0, 0.05) is 34.3 Å². The maximum absolute atomic E-state index is 13.1. The highest BCUT2D eigenvalue weighted by molar-refractivity contribution is 7.86. The SMILES string of the molecule is O=C(O)/C=C/c1ccc(/N=N/c2c(S(=O)(=O)O)cc3cc(NC(=O)Nc4ccc5c(O)c(/N=N/c6ccc(/C=C/C(=O)O)cc6)c(S(=O)(=O)O)cc5c4)ccc3c2O)cc1. The van der Waals surface area contributed by atoms with Gasteiger partial charge in [-0.1, -0.05) is 24.3 Å². The van der Waals surface area contributed by atoms with E-state index in [9.17, 15) is 50.5 Å². The zero-order valence-electron chi connectivity index (χ0n) is 30.2. The molecule has 60 heavy (non-hydrogen) atoms. The summed E-state index contributed by atoms with van der Waals surface area (Å²) in [4.78, 5) is 33.0. The highest BCUT2D eigenvalue weighted by Gasteiger charge is 2.24. The fourth-order valence-corrected chi connectivity index (χ4v) is 6.91. The van der Waals surface area contributed by atoms with Gasteiger partial charge >= 0.3 is 18.0 Å². The number of anilines is 2. The molecule has 0 saturated heterocycles. The third-order valence-electron chi connectivity index (χ3n) is 8.33. The maximum atomic E-state index is 13.1. The van der Waals surface area contributed by atoms with E-state index in [1.54, 1.807) is 0 Å². The summed E-state index contributed by atoms with van der Waals surface area (Å²) in [6.07, 6.45) is 4.55. The van der Waals surface area contributed by atoms with Crippen molar-refractivity contribution in [2.24, 2.45) is 20.5 Å². The van der Waals surface area contributed by atoms with E-state index < -0.39 is 70.9 Å². The molecule has 0 aromatic heterocycles. The maximum Gasteiger partial charge on any atom is 0.328 e. The quantitative estimate of drug-likeness (QED) is 0.0325.